The van der Waals surface area contributed by atoms with Crippen LogP contribution in [0.3, 0.4) is 0 Å². The number of carbonyl (C=O) groups is 1. The maximum absolute atomic E-state index is 11.9. The summed E-state index contributed by atoms with van der Waals surface area (Å²) in [4.78, 5) is 14.0. The summed E-state index contributed by atoms with van der Waals surface area (Å²) < 4.78 is 5.26. The number of ether oxygens (including phenoxy) is 1. The van der Waals surface area contributed by atoms with Gasteiger partial charge < -0.3 is 9.64 Å². The van der Waals surface area contributed by atoms with Gasteiger partial charge in [0.25, 0.3) is 0 Å². The van der Waals surface area contributed by atoms with Gasteiger partial charge in [0.1, 0.15) is 6.34 Å². The molecule has 0 amide bonds. The van der Waals surface area contributed by atoms with Gasteiger partial charge in [-0.05, 0) is 27.7 Å². The zero-order chi connectivity index (χ0) is 13.4. The van der Waals surface area contributed by atoms with Gasteiger partial charge in [-0.25, -0.2) is 0 Å². The average molecular weight is 251 g/mol. The first-order valence-electron chi connectivity index (χ1n) is 6.35. The number of ketones is 1. The van der Waals surface area contributed by atoms with Crippen LogP contribution in [0.5, 0.6) is 0 Å². The monoisotopic (exact) mass is 251 g/mol. The summed E-state index contributed by atoms with van der Waals surface area (Å²) >= 11 is 0. The zero-order valence-electron chi connectivity index (χ0n) is 11.6. The maximum atomic E-state index is 11.9. The Labute approximate surface area is 108 Å². The van der Waals surface area contributed by atoms with E-state index in [0.29, 0.717) is 0 Å². The van der Waals surface area contributed by atoms with Crippen LogP contribution in [0.2, 0.25) is 0 Å². The van der Waals surface area contributed by atoms with Crippen LogP contribution in [-0.4, -0.2) is 49.0 Å². The second-order valence-corrected chi connectivity index (χ2v) is 5.91. The summed E-state index contributed by atoms with van der Waals surface area (Å²) in [6.07, 6.45) is 1.74. The lowest BCUT2D eigenvalue weighted by molar-refractivity contribution is -0.134. The van der Waals surface area contributed by atoms with Crippen molar-refractivity contribution in [2.24, 2.45) is 21.0 Å². The summed E-state index contributed by atoms with van der Waals surface area (Å²) in [5, 5.41) is 8.39. The highest BCUT2D eigenvalue weighted by Gasteiger charge is 2.59. The van der Waals surface area contributed by atoms with Crippen molar-refractivity contribution in [1.82, 2.24) is 4.90 Å². The standard InChI is InChI=1S/C13H21N3O2/c1-12(2)10(13(3,4)11(12)17)15-14-9-16-5-7-18-8-6-16/h9H,5-8H2,1-4H3/b14-9+. The van der Waals surface area contributed by atoms with E-state index in [-0.39, 0.29) is 5.78 Å². The Hall–Kier alpha value is -1.23. The number of rotatable bonds is 2. The van der Waals surface area contributed by atoms with Crippen molar-refractivity contribution in [3.63, 3.8) is 0 Å². The summed E-state index contributed by atoms with van der Waals surface area (Å²) in [6.45, 7) is 10.8. The molecule has 1 aliphatic heterocycles. The predicted molar refractivity (Wildman–Crippen MR) is 70.9 cm³/mol. The Morgan fingerprint density at radius 1 is 1.17 bits per heavy atom. The molecule has 2 rings (SSSR count). The van der Waals surface area contributed by atoms with E-state index in [2.05, 4.69) is 15.1 Å². The molecule has 2 aliphatic rings. The molecule has 0 radical (unpaired) electrons. The van der Waals surface area contributed by atoms with E-state index in [0.717, 1.165) is 32.0 Å². The van der Waals surface area contributed by atoms with Crippen LogP contribution in [0.25, 0.3) is 0 Å². The van der Waals surface area contributed by atoms with Gasteiger partial charge in [-0.3, -0.25) is 4.79 Å². The van der Waals surface area contributed by atoms with Gasteiger partial charge in [-0.1, -0.05) is 0 Å². The van der Waals surface area contributed by atoms with E-state index in [4.69, 9.17) is 4.74 Å². The van der Waals surface area contributed by atoms with Gasteiger partial charge in [0.15, 0.2) is 5.78 Å². The van der Waals surface area contributed by atoms with Crippen molar-refractivity contribution < 1.29 is 9.53 Å². The van der Waals surface area contributed by atoms with Crippen LogP contribution >= 0.6 is 0 Å². The molecule has 0 aromatic rings. The normalized spacial score (nSPS) is 26.3. The summed E-state index contributed by atoms with van der Waals surface area (Å²) in [5.41, 5.74) is -0.0676. The highest BCUT2D eigenvalue weighted by molar-refractivity contribution is 6.31. The first kappa shape index (κ1) is 13.2. The van der Waals surface area contributed by atoms with Crippen molar-refractivity contribution in [2.75, 3.05) is 26.3 Å². The molecule has 1 saturated carbocycles. The quantitative estimate of drug-likeness (QED) is 0.423. The molecule has 0 N–H and O–H groups in total. The molecular formula is C13H21N3O2. The largest absolute Gasteiger partial charge is 0.378 e. The van der Waals surface area contributed by atoms with Crippen LogP contribution in [-0.2, 0) is 9.53 Å². The number of Topliss-reactive ketones (excluding diaryl/α,β-unsaturated/α-hetero) is 1. The first-order chi connectivity index (χ1) is 8.37. The van der Waals surface area contributed by atoms with E-state index >= 15 is 0 Å². The lowest BCUT2D eigenvalue weighted by Gasteiger charge is -2.47. The Bertz CT molecular complexity index is 384. The first-order valence-corrected chi connectivity index (χ1v) is 6.35. The molecular weight excluding hydrogens is 230 g/mol. The van der Waals surface area contributed by atoms with Crippen LogP contribution in [0.1, 0.15) is 27.7 Å². The molecule has 0 unspecified atom stereocenters. The molecule has 5 heteroatoms. The number of morpholine rings is 1. The zero-order valence-corrected chi connectivity index (χ0v) is 11.6. The fraction of sp³-hybridized carbons (Fsp3) is 0.769. The third-order valence-corrected chi connectivity index (χ3v) is 3.74. The van der Waals surface area contributed by atoms with Crippen LogP contribution in [0.4, 0.5) is 0 Å². The lowest BCUT2D eigenvalue weighted by Crippen LogP contribution is -2.61. The summed E-state index contributed by atoms with van der Waals surface area (Å²) in [5.74, 6) is 0.232. The number of carbonyl (C=O) groups excluding carboxylic acids is 1. The van der Waals surface area contributed by atoms with Crippen molar-refractivity contribution in [3.8, 4) is 0 Å². The number of hydrogen-bond donors (Lipinski definition) is 0. The topological polar surface area (TPSA) is 54.3 Å². The molecule has 5 nitrogen and oxygen atoms in total. The molecule has 0 bridgehead atoms. The van der Waals surface area contributed by atoms with Gasteiger partial charge in [0.05, 0.1) is 29.8 Å². The minimum absolute atomic E-state index is 0.232. The highest BCUT2D eigenvalue weighted by Crippen LogP contribution is 2.47. The Kier molecular flexibility index (Phi) is 3.27. The highest BCUT2D eigenvalue weighted by atomic mass is 16.5. The van der Waals surface area contributed by atoms with Crippen molar-refractivity contribution >= 4 is 17.8 Å². The number of hydrogen-bond acceptors (Lipinski definition) is 4. The van der Waals surface area contributed by atoms with Crippen LogP contribution in [0.15, 0.2) is 10.2 Å². The van der Waals surface area contributed by atoms with Crippen molar-refractivity contribution in [1.29, 1.82) is 0 Å². The van der Waals surface area contributed by atoms with E-state index in [1.54, 1.807) is 6.34 Å². The van der Waals surface area contributed by atoms with E-state index in [1.165, 1.54) is 0 Å². The van der Waals surface area contributed by atoms with Crippen molar-refractivity contribution in [3.05, 3.63) is 0 Å². The molecule has 1 aliphatic carbocycles. The SMILES string of the molecule is CC1(C)C(=O)C(C)(C)C1=N/N=C/N1CCOCC1. The molecule has 100 valence electrons. The van der Waals surface area contributed by atoms with Gasteiger partial charge in [-0.2, -0.15) is 5.10 Å². The predicted octanol–water partition coefficient (Wildman–Crippen LogP) is 1.34. The molecule has 0 atom stereocenters. The number of nitrogens with zero attached hydrogens (tertiary/aromatic N) is 3. The fourth-order valence-electron chi connectivity index (χ4n) is 2.81. The molecule has 0 aromatic heterocycles. The molecule has 18 heavy (non-hydrogen) atoms. The maximum Gasteiger partial charge on any atom is 0.155 e. The van der Waals surface area contributed by atoms with E-state index in [9.17, 15) is 4.79 Å². The van der Waals surface area contributed by atoms with E-state index in [1.807, 2.05) is 27.7 Å². The summed E-state index contributed by atoms with van der Waals surface area (Å²) in [7, 11) is 0. The van der Waals surface area contributed by atoms with Gasteiger partial charge in [-0.15, -0.1) is 5.10 Å². The van der Waals surface area contributed by atoms with Crippen LogP contribution < -0.4 is 0 Å². The van der Waals surface area contributed by atoms with Gasteiger partial charge in [0.2, 0.25) is 0 Å². The molecule has 0 spiro atoms. The lowest BCUT2D eigenvalue weighted by atomic mass is 9.53. The van der Waals surface area contributed by atoms with Gasteiger partial charge in [0, 0.05) is 13.1 Å². The Morgan fingerprint density at radius 2 is 1.72 bits per heavy atom. The average Bonchev–Trinajstić information content (AvgIpc) is 2.34. The molecule has 1 heterocycles. The van der Waals surface area contributed by atoms with Crippen LogP contribution in [0, 0.1) is 10.8 Å². The molecule has 1 saturated heterocycles. The van der Waals surface area contributed by atoms with Crippen molar-refractivity contribution in [2.45, 2.75) is 27.7 Å². The minimum atomic E-state index is -0.466. The van der Waals surface area contributed by atoms with E-state index < -0.39 is 10.8 Å². The second-order valence-electron chi connectivity index (χ2n) is 5.91. The molecule has 2 fully saturated rings. The van der Waals surface area contributed by atoms with Gasteiger partial charge >= 0.3 is 0 Å². The smallest absolute Gasteiger partial charge is 0.155 e. The third kappa shape index (κ3) is 2.07. The third-order valence-electron chi connectivity index (χ3n) is 3.74. The Balaban J connectivity index is 2.05. The Morgan fingerprint density at radius 3 is 2.28 bits per heavy atom. The summed E-state index contributed by atoms with van der Waals surface area (Å²) in [6, 6.07) is 0. The molecule has 0 aromatic carbocycles. The fourth-order valence-corrected chi connectivity index (χ4v) is 2.81. The second kappa shape index (κ2) is 4.46. The minimum Gasteiger partial charge on any atom is -0.378 e.